The van der Waals surface area contributed by atoms with Crippen LogP contribution >= 0.6 is 0 Å². The van der Waals surface area contributed by atoms with Crippen molar-refractivity contribution in [2.75, 3.05) is 0 Å². The van der Waals surface area contributed by atoms with Gasteiger partial charge in [-0.1, -0.05) is 176 Å². The number of para-hydroxylation sites is 2. The molecule has 10 nitrogen and oxygen atoms in total. The van der Waals surface area contributed by atoms with Crippen LogP contribution in [0.3, 0.4) is 0 Å². The van der Waals surface area contributed by atoms with Gasteiger partial charge in [0.05, 0.1) is 70.7 Å². The van der Waals surface area contributed by atoms with Crippen LogP contribution in [0.2, 0.25) is 0 Å². The highest BCUT2D eigenvalue weighted by atomic mass is 15.0. The Morgan fingerprint density at radius 3 is 1.10 bits per heavy atom. The van der Waals surface area contributed by atoms with E-state index in [1.807, 2.05) is 176 Å². The molecule has 0 N–H and O–H groups in total. The molecule has 10 heteroatoms. The fraction of sp³-hybridized carbons (Fsp3) is 0. The van der Waals surface area contributed by atoms with Crippen LogP contribution in [0.5, 0.6) is 0 Å². The molecule has 15 rings (SSSR count). The molecule has 0 saturated heterocycles. The van der Waals surface area contributed by atoms with Gasteiger partial charge >= 0.3 is 0 Å². The molecule has 12 aromatic carbocycles. The van der Waals surface area contributed by atoms with Gasteiger partial charge in [-0.3, -0.25) is 0 Å². The van der Waals surface area contributed by atoms with Crippen LogP contribution in [0, 0.1) is 42.4 Å². The maximum absolute atomic E-state index is 10.4. The summed E-state index contributed by atoms with van der Waals surface area (Å²) in [5.41, 5.74) is 18.2. The first-order chi connectivity index (χ1) is 44.4. The fourth-order valence-electron chi connectivity index (χ4n) is 12.5. The lowest BCUT2D eigenvalue weighted by Crippen LogP contribution is -2.02. The Balaban J connectivity index is 1.02. The first kappa shape index (κ1) is 53.4. The van der Waals surface area contributed by atoms with Gasteiger partial charge in [0.25, 0.3) is 0 Å². The standard InChI is InChI=1S/C80H44N10/c1-83-70-28-16-14-26-62(70)54-32-38-74-67(44-54)66-42-52(60-24-12-10-22-57(60)48-81)30-37-73(66)89(74)59-35-36-72(85-3)64(47-59)65-46-56(80-87-78(50-18-6-4-7-19-50)86-79(88-80)51-20-8-5-9-21-51)34-41-75(65)90-76-39-31-53(61-25-13-11-23-58(61)49-82)43-68(76)69-45-55(33-40-77(69)90)63-27-15-17-29-71(63)84-2/h4-47H. The smallest absolute Gasteiger partial charge is 0.195 e. The molecule has 3 aromatic heterocycles. The van der Waals surface area contributed by atoms with Crippen molar-refractivity contribution in [1.82, 2.24) is 24.1 Å². The Bertz CT molecular complexity index is 5400. The highest BCUT2D eigenvalue weighted by Gasteiger charge is 2.24. The molecule has 414 valence electrons. The first-order valence-corrected chi connectivity index (χ1v) is 29.0. The van der Waals surface area contributed by atoms with E-state index >= 15 is 0 Å². The second-order valence-electron chi connectivity index (χ2n) is 21.8. The molecule has 90 heavy (non-hydrogen) atoms. The zero-order chi connectivity index (χ0) is 60.8. The summed E-state index contributed by atoms with van der Waals surface area (Å²) in [6, 6.07) is 92.5. The van der Waals surface area contributed by atoms with Crippen molar-refractivity contribution in [3.8, 4) is 113 Å². The molecule has 0 aliphatic rings. The zero-order valence-electron chi connectivity index (χ0n) is 47.9. The van der Waals surface area contributed by atoms with Crippen LogP contribution in [-0.4, -0.2) is 24.1 Å². The van der Waals surface area contributed by atoms with E-state index in [0.29, 0.717) is 56.8 Å². The summed E-state index contributed by atoms with van der Waals surface area (Å²) in [4.78, 5) is 27.5. The van der Waals surface area contributed by atoms with Crippen molar-refractivity contribution in [3.05, 3.63) is 312 Å². The monoisotopic (exact) mass is 1140 g/mol. The minimum Gasteiger partial charge on any atom is -0.309 e. The number of hydrogen-bond acceptors (Lipinski definition) is 5. The largest absolute Gasteiger partial charge is 0.309 e. The van der Waals surface area contributed by atoms with E-state index in [9.17, 15) is 10.5 Å². The maximum atomic E-state index is 10.4. The molecule has 0 fully saturated rings. The maximum Gasteiger partial charge on any atom is 0.195 e. The fourth-order valence-corrected chi connectivity index (χ4v) is 12.5. The summed E-state index contributed by atoms with van der Waals surface area (Å²) in [6.45, 7) is 25.2. The average Bonchev–Trinajstić information content (AvgIpc) is 1.62. The van der Waals surface area contributed by atoms with Crippen molar-refractivity contribution in [2.24, 2.45) is 0 Å². The molecular weight excluding hydrogens is 1100 g/mol. The first-order valence-electron chi connectivity index (χ1n) is 29.0. The van der Waals surface area contributed by atoms with Gasteiger partial charge in [0.1, 0.15) is 0 Å². The number of rotatable bonds is 10. The highest BCUT2D eigenvalue weighted by Crippen LogP contribution is 2.46. The predicted octanol–water partition coefficient (Wildman–Crippen LogP) is 20.8. The van der Waals surface area contributed by atoms with E-state index in [0.717, 1.165) is 116 Å². The van der Waals surface area contributed by atoms with E-state index in [-0.39, 0.29) is 0 Å². The van der Waals surface area contributed by atoms with Gasteiger partial charge in [-0.15, -0.1) is 0 Å². The molecule has 0 atom stereocenters. The van der Waals surface area contributed by atoms with Crippen molar-refractivity contribution < 1.29 is 0 Å². The van der Waals surface area contributed by atoms with Crippen LogP contribution in [0.1, 0.15) is 11.1 Å². The van der Waals surface area contributed by atoms with Crippen LogP contribution in [0.15, 0.2) is 267 Å². The Morgan fingerprint density at radius 1 is 0.289 bits per heavy atom. The lowest BCUT2D eigenvalue weighted by atomic mass is 9.97. The second kappa shape index (κ2) is 22.3. The number of nitrogens with zero attached hydrogens (tertiary/aromatic N) is 10. The van der Waals surface area contributed by atoms with E-state index in [4.69, 9.17) is 34.7 Å². The van der Waals surface area contributed by atoms with Crippen LogP contribution in [0.25, 0.3) is 159 Å². The summed E-state index contributed by atoms with van der Waals surface area (Å²) < 4.78 is 4.47. The van der Waals surface area contributed by atoms with Crippen molar-refractivity contribution in [1.29, 1.82) is 10.5 Å². The number of hydrogen-bond donors (Lipinski definition) is 0. The van der Waals surface area contributed by atoms with Crippen LogP contribution in [-0.2, 0) is 0 Å². The van der Waals surface area contributed by atoms with E-state index in [1.54, 1.807) is 0 Å². The van der Waals surface area contributed by atoms with Gasteiger partial charge in [-0.2, -0.15) is 10.5 Å². The molecule has 0 aliphatic carbocycles. The van der Waals surface area contributed by atoms with Crippen molar-refractivity contribution >= 4 is 60.7 Å². The quantitative estimate of drug-likeness (QED) is 0.127. The van der Waals surface area contributed by atoms with Gasteiger partial charge in [-0.05, 0) is 147 Å². The van der Waals surface area contributed by atoms with Gasteiger partial charge < -0.3 is 9.13 Å². The van der Waals surface area contributed by atoms with E-state index < -0.39 is 0 Å². The molecule has 0 aliphatic heterocycles. The van der Waals surface area contributed by atoms with Gasteiger partial charge in [-0.25, -0.2) is 29.5 Å². The summed E-state index contributed by atoms with van der Waals surface area (Å²) in [7, 11) is 0. The molecule has 0 amide bonds. The normalized spacial score (nSPS) is 11.1. The third kappa shape index (κ3) is 9.14. The lowest BCUT2D eigenvalue weighted by Gasteiger charge is -2.19. The Morgan fingerprint density at radius 2 is 0.656 bits per heavy atom. The highest BCUT2D eigenvalue weighted by molar-refractivity contribution is 6.14. The number of nitriles is 2. The molecule has 0 unspecified atom stereocenters. The Labute approximate surface area is 518 Å². The van der Waals surface area contributed by atoms with Crippen LogP contribution < -0.4 is 0 Å². The predicted molar refractivity (Wildman–Crippen MR) is 360 cm³/mol. The third-order valence-corrected chi connectivity index (χ3v) is 16.8. The average molecular weight is 1150 g/mol. The molecule has 15 aromatic rings. The summed E-state index contributed by atoms with van der Waals surface area (Å²) in [5.74, 6) is 1.45. The zero-order valence-corrected chi connectivity index (χ0v) is 47.9. The Kier molecular flexibility index (Phi) is 13.2. The molecule has 0 bridgehead atoms. The number of fused-ring (bicyclic) bond motifs is 6. The molecule has 0 saturated carbocycles. The number of benzene rings is 12. The minimum absolute atomic E-state index is 0.408. The lowest BCUT2D eigenvalue weighted by molar-refractivity contribution is 1.07. The van der Waals surface area contributed by atoms with Crippen molar-refractivity contribution in [3.63, 3.8) is 0 Å². The van der Waals surface area contributed by atoms with Gasteiger partial charge in [0.2, 0.25) is 0 Å². The van der Waals surface area contributed by atoms with E-state index in [1.165, 1.54) is 0 Å². The third-order valence-electron chi connectivity index (χ3n) is 16.8. The summed E-state index contributed by atoms with van der Waals surface area (Å²) in [5, 5.41) is 24.4. The summed E-state index contributed by atoms with van der Waals surface area (Å²) in [6.07, 6.45) is 0. The Hall–Kier alpha value is -13.3. The second-order valence-corrected chi connectivity index (χ2v) is 21.8. The molecule has 0 radical (unpaired) electrons. The topological polar surface area (TPSA) is 109 Å². The molecule has 3 heterocycles. The number of aromatic nitrogens is 5. The van der Waals surface area contributed by atoms with E-state index in [2.05, 4.69) is 127 Å². The molecular formula is C80H44N10. The minimum atomic E-state index is 0.408. The summed E-state index contributed by atoms with van der Waals surface area (Å²) >= 11 is 0. The van der Waals surface area contributed by atoms with Crippen molar-refractivity contribution in [2.45, 2.75) is 0 Å². The van der Waals surface area contributed by atoms with Gasteiger partial charge in [0, 0.05) is 43.9 Å². The van der Waals surface area contributed by atoms with Crippen LogP contribution in [0.4, 0.5) is 17.1 Å². The molecule has 0 spiro atoms. The SMILES string of the molecule is [C-]#[N+]c1ccccc1-c1ccc2c(c1)c1cc(-c3ccccc3C#N)ccc1n2-c1ccc([N+]#[C-])c(-c2cc(-c3nc(-c4ccccc4)nc(-c4ccccc4)n3)ccc2-n2c3ccc(-c4ccccc4C#N)cc3c3cc(-c4ccccc4[N+]#[C-])ccc32)c1. The van der Waals surface area contributed by atoms with Gasteiger partial charge in [0.15, 0.2) is 34.5 Å².